The topological polar surface area (TPSA) is 206 Å². The van der Waals surface area contributed by atoms with Crippen LogP contribution in [0.25, 0.3) is 11.4 Å². The normalized spacial score (nSPS) is 10.7. The van der Waals surface area contributed by atoms with E-state index < -0.39 is 21.7 Å². The van der Waals surface area contributed by atoms with Crippen molar-refractivity contribution in [3.63, 3.8) is 0 Å². The van der Waals surface area contributed by atoms with Crippen LogP contribution in [0.1, 0.15) is 32.1 Å². The molecule has 0 aliphatic heterocycles. The molecule has 0 radical (unpaired) electrons. The fraction of sp³-hybridized carbons (Fsp3) is 0.0769. The highest BCUT2D eigenvalue weighted by Crippen LogP contribution is 2.16. The molecule has 2 N–H and O–H groups in total. The Bertz CT molecular complexity index is 1650. The third-order valence-electron chi connectivity index (χ3n) is 5.98. The van der Waals surface area contributed by atoms with Crippen LogP contribution < -0.4 is 10.6 Å². The summed E-state index contributed by atoms with van der Waals surface area (Å²) in [5.41, 5.74) is 2.47. The van der Waals surface area contributed by atoms with Crippen LogP contribution in [0.15, 0.2) is 85.2 Å². The summed E-state index contributed by atoms with van der Waals surface area (Å²) in [6.07, 6.45) is 3.17. The zero-order valence-corrected chi connectivity index (χ0v) is 21.5. The number of aromatic nitrogens is 6. The van der Waals surface area contributed by atoms with Gasteiger partial charge in [0.1, 0.15) is 11.4 Å². The van der Waals surface area contributed by atoms with E-state index in [-0.39, 0.29) is 35.6 Å². The Hall–Kier alpha value is -6.32. The minimum Gasteiger partial charge on any atom is -0.346 e. The first-order chi connectivity index (χ1) is 20.3. The fourth-order valence-corrected chi connectivity index (χ4v) is 3.81. The molecule has 0 bridgehead atoms. The van der Waals surface area contributed by atoms with Crippen molar-refractivity contribution in [3.05, 3.63) is 128 Å². The van der Waals surface area contributed by atoms with Crippen molar-refractivity contribution in [3.8, 4) is 11.4 Å². The van der Waals surface area contributed by atoms with Crippen molar-refractivity contribution in [1.29, 1.82) is 0 Å². The maximum absolute atomic E-state index is 12.7. The van der Waals surface area contributed by atoms with Gasteiger partial charge in [-0.2, -0.15) is 0 Å². The Balaban J connectivity index is 1.15. The zero-order chi connectivity index (χ0) is 29.6. The van der Waals surface area contributed by atoms with Gasteiger partial charge >= 0.3 is 0 Å². The number of hydrogen-bond acceptors (Lipinski definition) is 10. The van der Waals surface area contributed by atoms with E-state index in [2.05, 4.69) is 31.3 Å². The number of benzene rings is 3. The molecule has 5 aromatic rings. The number of nitrogens with one attached hydrogen (secondary N) is 2. The molecule has 210 valence electrons. The van der Waals surface area contributed by atoms with Crippen LogP contribution in [0.5, 0.6) is 0 Å². The van der Waals surface area contributed by atoms with Crippen molar-refractivity contribution in [2.45, 2.75) is 13.1 Å². The second-order valence-electron chi connectivity index (χ2n) is 8.80. The molecule has 0 aliphatic rings. The Morgan fingerprint density at radius 1 is 0.667 bits per heavy atom. The Morgan fingerprint density at radius 3 is 1.45 bits per heavy atom. The number of carbonyl (C=O) groups excluding carboxylic acids is 2. The Kier molecular flexibility index (Phi) is 7.67. The van der Waals surface area contributed by atoms with Gasteiger partial charge < -0.3 is 10.6 Å². The summed E-state index contributed by atoms with van der Waals surface area (Å²) in [4.78, 5) is 46.1. The van der Waals surface area contributed by atoms with Gasteiger partial charge in [0.05, 0.1) is 46.7 Å². The fourth-order valence-electron chi connectivity index (χ4n) is 3.81. The van der Waals surface area contributed by atoms with E-state index in [0.717, 1.165) is 0 Å². The van der Waals surface area contributed by atoms with E-state index in [4.69, 9.17) is 0 Å². The number of nitrogens with zero attached hydrogens (tertiary/aromatic N) is 8. The van der Waals surface area contributed by atoms with Gasteiger partial charge in [0, 0.05) is 35.4 Å². The van der Waals surface area contributed by atoms with Gasteiger partial charge in [-0.25, -0.2) is 9.36 Å². The predicted molar refractivity (Wildman–Crippen MR) is 145 cm³/mol. The van der Waals surface area contributed by atoms with Crippen LogP contribution in [-0.4, -0.2) is 51.6 Å². The van der Waals surface area contributed by atoms with Gasteiger partial charge in [0.2, 0.25) is 0 Å². The molecule has 0 aliphatic carbocycles. The third kappa shape index (κ3) is 6.28. The van der Waals surface area contributed by atoms with Gasteiger partial charge in [-0.15, -0.1) is 10.2 Å². The molecular formula is C26H20N10O6. The first-order valence-corrected chi connectivity index (χ1v) is 12.3. The van der Waals surface area contributed by atoms with Crippen molar-refractivity contribution in [2.24, 2.45) is 0 Å². The van der Waals surface area contributed by atoms with Crippen LogP contribution in [0.4, 0.5) is 11.4 Å². The lowest BCUT2D eigenvalue weighted by atomic mass is 10.1. The minimum atomic E-state index is -0.497. The van der Waals surface area contributed by atoms with Crippen LogP contribution in [0.2, 0.25) is 0 Å². The standard InChI is InChI=1S/C26H20N10O6/c37-25(27-13-19-15-33(31-29-19)21-4-8-23(9-5-21)35(39)40)17-2-1-3-18(12-17)26(38)28-14-20-16-34(32-30-20)22-6-10-24(11-7-22)36(41)42/h1-12,15-16H,13-14H2,(H,27,37)(H,28,38). The summed E-state index contributed by atoms with van der Waals surface area (Å²) in [6, 6.07) is 17.7. The van der Waals surface area contributed by atoms with Crippen molar-refractivity contribution < 1.29 is 19.4 Å². The van der Waals surface area contributed by atoms with Gasteiger partial charge in [-0.05, 0) is 42.5 Å². The van der Waals surface area contributed by atoms with E-state index in [1.807, 2.05) is 0 Å². The monoisotopic (exact) mass is 568 g/mol. The molecular weight excluding hydrogens is 548 g/mol. The second kappa shape index (κ2) is 11.8. The van der Waals surface area contributed by atoms with Gasteiger partial charge in [-0.1, -0.05) is 16.5 Å². The minimum absolute atomic E-state index is 0.0465. The van der Waals surface area contributed by atoms with E-state index in [9.17, 15) is 29.8 Å². The van der Waals surface area contributed by atoms with Crippen molar-refractivity contribution in [2.75, 3.05) is 0 Å². The first-order valence-electron chi connectivity index (χ1n) is 12.3. The van der Waals surface area contributed by atoms with Gasteiger partial charge in [0.25, 0.3) is 23.2 Å². The summed E-state index contributed by atoms with van der Waals surface area (Å²) in [7, 11) is 0. The summed E-state index contributed by atoms with van der Waals surface area (Å²) in [6.45, 7) is 0.124. The molecule has 0 unspecified atom stereocenters. The Labute approximate surface area is 235 Å². The highest BCUT2D eigenvalue weighted by Gasteiger charge is 2.13. The molecule has 0 saturated heterocycles. The molecule has 0 atom stereocenters. The molecule has 2 heterocycles. The number of nitro benzene ring substituents is 2. The van der Waals surface area contributed by atoms with Gasteiger partial charge in [-0.3, -0.25) is 29.8 Å². The number of amides is 2. The number of hydrogen-bond donors (Lipinski definition) is 2. The summed E-state index contributed by atoms with van der Waals surface area (Å²) in [5.74, 6) is -0.860. The van der Waals surface area contributed by atoms with E-state index in [1.165, 1.54) is 64.0 Å². The third-order valence-corrected chi connectivity index (χ3v) is 5.98. The zero-order valence-electron chi connectivity index (χ0n) is 21.5. The van der Waals surface area contributed by atoms with E-state index in [0.29, 0.717) is 22.8 Å². The largest absolute Gasteiger partial charge is 0.346 e. The van der Waals surface area contributed by atoms with Crippen molar-refractivity contribution in [1.82, 2.24) is 40.6 Å². The highest BCUT2D eigenvalue weighted by atomic mass is 16.6. The SMILES string of the molecule is O=C(NCc1cn(-c2ccc([N+](=O)[O-])cc2)nn1)c1cccc(C(=O)NCc2cn(-c3ccc([N+](=O)[O-])cc3)nn2)c1. The summed E-state index contributed by atoms with van der Waals surface area (Å²) in [5, 5.41) is 43.1. The average Bonchev–Trinajstić information content (AvgIpc) is 3.69. The summed E-state index contributed by atoms with van der Waals surface area (Å²) >= 11 is 0. The molecule has 2 aromatic heterocycles. The van der Waals surface area contributed by atoms with Crippen LogP contribution in [0, 0.1) is 20.2 Å². The highest BCUT2D eigenvalue weighted by molar-refractivity contribution is 5.99. The van der Waals surface area contributed by atoms with Crippen LogP contribution in [-0.2, 0) is 13.1 Å². The Morgan fingerprint density at radius 2 is 1.07 bits per heavy atom. The maximum atomic E-state index is 12.7. The van der Waals surface area contributed by atoms with E-state index in [1.54, 1.807) is 30.6 Å². The van der Waals surface area contributed by atoms with Gasteiger partial charge in [0.15, 0.2) is 0 Å². The smallest absolute Gasteiger partial charge is 0.269 e. The average molecular weight is 569 g/mol. The molecule has 16 nitrogen and oxygen atoms in total. The lowest BCUT2D eigenvalue weighted by Crippen LogP contribution is -2.25. The molecule has 42 heavy (non-hydrogen) atoms. The summed E-state index contributed by atoms with van der Waals surface area (Å²) < 4.78 is 2.86. The molecule has 0 spiro atoms. The second-order valence-corrected chi connectivity index (χ2v) is 8.80. The van der Waals surface area contributed by atoms with E-state index >= 15 is 0 Å². The molecule has 16 heteroatoms. The van der Waals surface area contributed by atoms with Crippen LogP contribution >= 0.6 is 0 Å². The number of non-ortho nitro benzene ring substituents is 2. The first kappa shape index (κ1) is 27.3. The number of rotatable bonds is 10. The number of nitro groups is 2. The molecule has 2 amide bonds. The lowest BCUT2D eigenvalue weighted by Gasteiger charge is -2.06. The quantitative estimate of drug-likeness (QED) is 0.186. The molecule has 0 fully saturated rings. The lowest BCUT2D eigenvalue weighted by molar-refractivity contribution is -0.385. The molecule has 5 rings (SSSR count). The van der Waals surface area contributed by atoms with Crippen molar-refractivity contribution >= 4 is 23.2 Å². The molecule has 0 saturated carbocycles. The predicted octanol–water partition coefficient (Wildman–Crippen LogP) is 2.52. The maximum Gasteiger partial charge on any atom is 0.269 e. The number of carbonyl (C=O) groups is 2. The molecule has 3 aromatic carbocycles. The van der Waals surface area contributed by atoms with Crippen LogP contribution in [0.3, 0.4) is 0 Å².